The van der Waals surface area contributed by atoms with E-state index in [2.05, 4.69) is 19.7 Å². The second kappa shape index (κ2) is 10.0. The molecule has 0 aromatic carbocycles. The summed E-state index contributed by atoms with van der Waals surface area (Å²) in [5, 5.41) is 29.5. The SMILES string of the molecule is C[C@H](O)CN1CCN(Cc2ncccc2O)CCN(C[C@H](C)O)CC1. The molecule has 0 aliphatic carbocycles. The van der Waals surface area contributed by atoms with Gasteiger partial charge in [0.1, 0.15) is 5.75 Å². The van der Waals surface area contributed by atoms with Crippen molar-refractivity contribution in [3.63, 3.8) is 0 Å². The Morgan fingerprint density at radius 3 is 1.84 bits per heavy atom. The number of pyridine rings is 1. The molecule has 1 aliphatic heterocycles. The zero-order valence-corrected chi connectivity index (χ0v) is 15.4. The van der Waals surface area contributed by atoms with Gasteiger partial charge in [0.25, 0.3) is 0 Å². The quantitative estimate of drug-likeness (QED) is 0.663. The predicted molar refractivity (Wildman–Crippen MR) is 97.4 cm³/mol. The number of aromatic nitrogens is 1. The van der Waals surface area contributed by atoms with Crippen LogP contribution in [0.25, 0.3) is 0 Å². The summed E-state index contributed by atoms with van der Waals surface area (Å²) in [4.78, 5) is 11.1. The molecule has 1 saturated heterocycles. The monoisotopic (exact) mass is 352 g/mol. The summed E-state index contributed by atoms with van der Waals surface area (Å²) in [5.74, 6) is 0.226. The predicted octanol–water partition coefficient (Wildman–Crippen LogP) is -0.0316. The van der Waals surface area contributed by atoms with E-state index in [4.69, 9.17) is 0 Å². The molecule has 0 unspecified atom stereocenters. The molecule has 7 heteroatoms. The van der Waals surface area contributed by atoms with Crippen molar-refractivity contribution in [2.24, 2.45) is 0 Å². The molecule has 0 bridgehead atoms. The number of nitrogens with zero attached hydrogens (tertiary/aromatic N) is 4. The maximum Gasteiger partial charge on any atom is 0.138 e. The molecule has 0 radical (unpaired) electrons. The van der Waals surface area contributed by atoms with Gasteiger partial charge in [0.05, 0.1) is 17.9 Å². The van der Waals surface area contributed by atoms with Crippen LogP contribution in [0, 0.1) is 0 Å². The lowest BCUT2D eigenvalue weighted by atomic mass is 10.3. The van der Waals surface area contributed by atoms with E-state index in [9.17, 15) is 15.3 Å². The summed E-state index contributed by atoms with van der Waals surface area (Å²) in [6.07, 6.45) is 0.976. The Labute approximate surface area is 150 Å². The maximum atomic E-state index is 9.99. The van der Waals surface area contributed by atoms with Gasteiger partial charge >= 0.3 is 0 Å². The molecule has 1 fully saturated rings. The number of aromatic hydroxyl groups is 1. The molecule has 0 spiro atoms. The van der Waals surface area contributed by atoms with Gasteiger partial charge in [-0.15, -0.1) is 0 Å². The number of β-amino-alcohol motifs (C(OH)–C–C–N with tert-alkyl or cyclic N) is 2. The number of rotatable bonds is 6. The van der Waals surface area contributed by atoms with Crippen LogP contribution in [0.5, 0.6) is 5.75 Å². The van der Waals surface area contributed by atoms with Crippen molar-refractivity contribution in [2.45, 2.75) is 32.6 Å². The van der Waals surface area contributed by atoms with Gasteiger partial charge in [0.15, 0.2) is 0 Å². The van der Waals surface area contributed by atoms with Crippen molar-refractivity contribution >= 4 is 0 Å². The fraction of sp³-hybridized carbons (Fsp3) is 0.722. The van der Waals surface area contributed by atoms with Gasteiger partial charge in [-0.3, -0.25) is 19.7 Å². The van der Waals surface area contributed by atoms with Crippen LogP contribution in [0.2, 0.25) is 0 Å². The van der Waals surface area contributed by atoms with Gasteiger partial charge in [0.2, 0.25) is 0 Å². The minimum absolute atomic E-state index is 0.226. The average Bonchev–Trinajstić information content (AvgIpc) is 2.62. The molecule has 0 amide bonds. The first-order chi connectivity index (χ1) is 11.9. The standard InChI is InChI=1S/C18H32N4O3/c1-15(23)12-20-6-7-21(13-16(2)24)9-11-22(10-8-20)14-17-18(25)4-3-5-19-17/h3-5,15-16,23-25H,6-14H2,1-2H3/t15-,16-/m0/s1. The summed E-state index contributed by atoms with van der Waals surface area (Å²) in [5.41, 5.74) is 0.686. The van der Waals surface area contributed by atoms with E-state index >= 15 is 0 Å². The van der Waals surface area contributed by atoms with Crippen LogP contribution < -0.4 is 0 Å². The first kappa shape index (κ1) is 20.1. The van der Waals surface area contributed by atoms with Crippen molar-refractivity contribution in [1.82, 2.24) is 19.7 Å². The molecule has 25 heavy (non-hydrogen) atoms. The third-order valence-corrected chi connectivity index (χ3v) is 4.48. The van der Waals surface area contributed by atoms with E-state index in [-0.39, 0.29) is 18.0 Å². The molecule has 1 aromatic rings. The highest BCUT2D eigenvalue weighted by Crippen LogP contribution is 2.15. The lowest BCUT2D eigenvalue weighted by molar-refractivity contribution is 0.102. The van der Waals surface area contributed by atoms with E-state index in [0.29, 0.717) is 25.3 Å². The van der Waals surface area contributed by atoms with Crippen molar-refractivity contribution in [1.29, 1.82) is 0 Å². The fourth-order valence-electron chi connectivity index (χ4n) is 3.22. The van der Waals surface area contributed by atoms with Crippen LogP contribution in [-0.4, -0.2) is 99.6 Å². The van der Waals surface area contributed by atoms with Crippen molar-refractivity contribution in [3.8, 4) is 5.75 Å². The van der Waals surface area contributed by atoms with E-state index in [1.54, 1.807) is 18.3 Å². The van der Waals surface area contributed by atoms with Crippen LogP contribution in [0.1, 0.15) is 19.5 Å². The Bertz CT molecular complexity index is 491. The Kier molecular flexibility index (Phi) is 8.05. The fourth-order valence-corrected chi connectivity index (χ4v) is 3.22. The van der Waals surface area contributed by atoms with Gasteiger partial charge in [-0.05, 0) is 26.0 Å². The summed E-state index contributed by atoms with van der Waals surface area (Å²) in [7, 11) is 0. The van der Waals surface area contributed by atoms with Crippen LogP contribution in [0.4, 0.5) is 0 Å². The van der Waals surface area contributed by atoms with Crippen LogP contribution in [-0.2, 0) is 6.54 Å². The number of aliphatic hydroxyl groups is 2. The highest BCUT2D eigenvalue weighted by atomic mass is 16.3. The number of hydrogen-bond donors (Lipinski definition) is 3. The third kappa shape index (κ3) is 7.25. The minimum atomic E-state index is -0.362. The van der Waals surface area contributed by atoms with E-state index < -0.39 is 0 Å². The van der Waals surface area contributed by atoms with Gasteiger partial charge in [-0.1, -0.05) is 0 Å². The summed E-state index contributed by atoms with van der Waals surface area (Å²) in [6, 6.07) is 3.39. The largest absolute Gasteiger partial charge is 0.506 e. The maximum absolute atomic E-state index is 9.99. The first-order valence-corrected chi connectivity index (χ1v) is 9.10. The zero-order valence-electron chi connectivity index (χ0n) is 15.4. The summed E-state index contributed by atoms with van der Waals surface area (Å²) >= 11 is 0. The molecule has 0 saturated carbocycles. The van der Waals surface area contributed by atoms with Crippen LogP contribution >= 0.6 is 0 Å². The van der Waals surface area contributed by atoms with Crippen molar-refractivity contribution < 1.29 is 15.3 Å². The molecule has 3 N–H and O–H groups in total. The number of hydrogen-bond acceptors (Lipinski definition) is 7. The Balaban J connectivity index is 2.04. The van der Waals surface area contributed by atoms with E-state index in [0.717, 1.165) is 39.3 Å². The minimum Gasteiger partial charge on any atom is -0.506 e. The highest BCUT2D eigenvalue weighted by Gasteiger charge is 2.19. The smallest absolute Gasteiger partial charge is 0.138 e. The van der Waals surface area contributed by atoms with Crippen LogP contribution in [0.3, 0.4) is 0 Å². The molecule has 142 valence electrons. The normalized spacial score (nSPS) is 21.3. The van der Waals surface area contributed by atoms with E-state index in [1.807, 2.05) is 13.8 Å². The molecular formula is C18H32N4O3. The molecule has 1 aromatic heterocycles. The van der Waals surface area contributed by atoms with Gasteiger partial charge < -0.3 is 15.3 Å². The molecular weight excluding hydrogens is 320 g/mol. The Morgan fingerprint density at radius 1 is 0.920 bits per heavy atom. The van der Waals surface area contributed by atoms with Gasteiger partial charge in [-0.2, -0.15) is 0 Å². The summed E-state index contributed by atoms with van der Waals surface area (Å²) < 4.78 is 0. The van der Waals surface area contributed by atoms with Crippen molar-refractivity contribution in [3.05, 3.63) is 24.0 Å². The summed E-state index contributed by atoms with van der Waals surface area (Å²) in [6.45, 7) is 10.7. The highest BCUT2D eigenvalue weighted by molar-refractivity contribution is 5.24. The lowest BCUT2D eigenvalue weighted by Gasteiger charge is -2.27. The molecule has 1 aliphatic rings. The van der Waals surface area contributed by atoms with Gasteiger partial charge in [0, 0.05) is 65.1 Å². The van der Waals surface area contributed by atoms with Crippen LogP contribution in [0.15, 0.2) is 18.3 Å². The second-order valence-corrected chi connectivity index (χ2v) is 7.04. The molecule has 2 heterocycles. The molecule has 7 nitrogen and oxygen atoms in total. The number of aliphatic hydroxyl groups excluding tert-OH is 2. The van der Waals surface area contributed by atoms with Crippen molar-refractivity contribution in [2.75, 3.05) is 52.4 Å². The lowest BCUT2D eigenvalue weighted by Crippen LogP contribution is -2.41. The molecule has 2 rings (SSSR count). The second-order valence-electron chi connectivity index (χ2n) is 7.04. The Morgan fingerprint density at radius 2 is 1.40 bits per heavy atom. The van der Waals surface area contributed by atoms with Gasteiger partial charge in [-0.25, -0.2) is 0 Å². The first-order valence-electron chi connectivity index (χ1n) is 9.10. The molecule has 2 atom stereocenters. The Hall–Kier alpha value is -1.25. The topological polar surface area (TPSA) is 83.3 Å². The average molecular weight is 352 g/mol. The zero-order chi connectivity index (χ0) is 18.2. The van der Waals surface area contributed by atoms with E-state index in [1.165, 1.54) is 0 Å². The third-order valence-electron chi connectivity index (χ3n) is 4.48.